The average molecular weight is 238 g/mol. The predicted octanol–water partition coefficient (Wildman–Crippen LogP) is 3.36. The molecule has 1 aromatic carbocycles. The third-order valence-corrected chi connectivity index (χ3v) is 3.42. The highest BCUT2D eigenvalue weighted by atomic mass is 31.1. The number of rotatable bonds is 4. The molecule has 0 saturated carbocycles. The molecule has 86 valence electrons. The fraction of sp³-hybridized carbons (Fsp3) is 0.417. The van der Waals surface area contributed by atoms with Crippen LogP contribution < -0.4 is 0 Å². The van der Waals surface area contributed by atoms with Crippen LogP contribution in [0.25, 0.3) is 0 Å². The second-order valence-electron chi connectivity index (χ2n) is 4.12. The summed E-state index contributed by atoms with van der Waals surface area (Å²) in [6.07, 6.45) is 0. The van der Waals surface area contributed by atoms with Crippen molar-refractivity contribution in [2.24, 2.45) is 0 Å². The zero-order valence-electron chi connectivity index (χ0n) is 9.64. The Morgan fingerprint density at radius 3 is 2.31 bits per heavy atom. The zero-order valence-corrected chi connectivity index (χ0v) is 10.5. The highest BCUT2D eigenvalue weighted by Gasteiger charge is 2.34. The Bertz CT molecular complexity index is 373. The summed E-state index contributed by atoms with van der Waals surface area (Å²) in [6, 6.07) is 9.39. The Morgan fingerprint density at radius 2 is 1.88 bits per heavy atom. The van der Waals surface area contributed by atoms with Gasteiger partial charge in [0.15, 0.2) is 8.46 Å². The number of hydrogen-bond acceptors (Lipinski definition) is 3. The molecule has 1 unspecified atom stereocenters. The van der Waals surface area contributed by atoms with Gasteiger partial charge in [-0.15, -0.1) is 0 Å². The van der Waals surface area contributed by atoms with Crippen molar-refractivity contribution in [1.82, 2.24) is 0 Å². The molecule has 1 rings (SSSR count). The monoisotopic (exact) mass is 238 g/mol. The molecule has 1 aromatic rings. The molecular weight excluding hydrogens is 223 g/mol. The summed E-state index contributed by atoms with van der Waals surface area (Å²) >= 11 is 0. The van der Waals surface area contributed by atoms with Crippen LogP contribution in [-0.2, 0) is 14.1 Å². The summed E-state index contributed by atoms with van der Waals surface area (Å²) < 4.78 is 16.4. The van der Waals surface area contributed by atoms with Crippen LogP contribution in [0.2, 0.25) is 0 Å². The summed E-state index contributed by atoms with van der Waals surface area (Å²) in [5, 5.41) is 0. The minimum absolute atomic E-state index is 0.0526. The van der Waals surface area contributed by atoms with E-state index in [0.717, 1.165) is 5.56 Å². The Labute approximate surface area is 97.0 Å². The van der Waals surface area contributed by atoms with Crippen molar-refractivity contribution in [3.8, 4) is 0 Å². The van der Waals surface area contributed by atoms with Gasteiger partial charge < -0.3 is 4.74 Å². The van der Waals surface area contributed by atoms with Crippen molar-refractivity contribution in [3.05, 3.63) is 35.9 Å². The lowest BCUT2D eigenvalue weighted by atomic mass is 9.97. The molecule has 0 saturated heterocycles. The van der Waals surface area contributed by atoms with E-state index in [4.69, 9.17) is 4.74 Å². The van der Waals surface area contributed by atoms with E-state index in [0.29, 0.717) is 0 Å². The molecule has 0 bridgehead atoms. The van der Waals surface area contributed by atoms with Gasteiger partial charge in [-0.2, -0.15) is 0 Å². The van der Waals surface area contributed by atoms with E-state index in [2.05, 4.69) is 0 Å². The van der Waals surface area contributed by atoms with Crippen LogP contribution in [0.3, 0.4) is 0 Å². The highest BCUT2D eigenvalue weighted by Crippen LogP contribution is 2.39. The van der Waals surface area contributed by atoms with Gasteiger partial charge in [0.05, 0.1) is 0 Å². The van der Waals surface area contributed by atoms with Crippen molar-refractivity contribution in [2.75, 3.05) is 0 Å². The largest absolute Gasteiger partial charge is 0.458 e. The van der Waals surface area contributed by atoms with E-state index in [1.165, 1.54) is 6.92 Å². The van der Waals surface area contributed by atoms with Crippen LogP contribution in [0.4, 0.5) is 0 Å². The lowest BCUT2D eigenvalue weighted by Gasteiger charge is -2.29. The maximum absolute atomic E-state index is 11.2. The Balaban J connectivity index is 2.98. The summed E-state index contributed by atoms with van der Waals surface area (Å²) in [5.41, 5.74) is -0.237. The SMILES string of the molecule is CC(=O)OC(C)(C)C(P=O)c1ccccc1. The second kappa shape index (κ2) is 5.22. The quantitative estimate of drug-likeness (QED) is 0.596. The maximum Gasteiger partial charge on any atom is 0.303 e. The van der Waals surface area contributed by atoms with Crippen molar-refractivity contribution < 1.29 is 14.1 Å². The summed E-state index contributed by atoms with van der Waals surface area (Å²) in [6.45, 7) is 4.87. The molecule has 0 aliphatic heterocycles. The van der Waals surface area contributed by atoms with E-state index < -0.39 is 5.60 Å². The van der Waals surface area contributed by atoms with Crippen molar-refractivity contribution in [3.63, 3.8) is 0 Å². The van der Waals surface area contributed by atoms with Gasteiger partial charge in [-0.3, -0.25) is 9.36 Å². The Kier molecular flexibility index (Phi) is 4.19. The van der Waals surface area contributed by atoms with Crippen LogP contribution in [0.1, 0.15) is 32.0 Å². The molecule has 0 aromatic heterocycles. The van der Waals surface area contributed by atoms with Gasteiger partial charge in [0.1, 0.15) is 11.3 Å². The smallest absolute Gasteiger partial charge is 0.303 e. The van der Waals surface area contributed by atoms with E-state index >= 15 is 0 Å². The summed E-state index contributed by atoms with van der Waals surface area (Å²) in [7, 11) is -0.0526. The molecule has 0 aliphatic rings. The minimum atomic E-state index is -0.781. The first kappa shape index (κ1) is 12.9. The van der Waals surface area contributed by atoms with E-state index in [1.807, 2.05) is 30.3 Å². The number of carbonyl (C=O) groups is 1. The molecule has 0 amide bonds. The standard InChI is InChI=1S/C12H15O3P/c1-9(13)15-12(2,3)11(16-14)10-7-5-4-6-8-10/h4-8,11H,1-3H3. The van der Waals surface area contributed by atoms with Gasteiger partial charge in [0, 0.05) is 6.92 Å². The van der Waals surface area contributed by atoms with E-state index in [9.17, 15) is 9.36 Å². The van der Waals surface area contributed by atoms with E-state index in [-0.39, 0.29) is 20.1 Å². The van der Waals surface area contributed by atoms with E-state index in [1.54, 1.807) is 13.8 Å². The van der Waals surface area contributed by atoms with Crippen molar-refractivity contribution >= 4 is 14.4 Å². The highest BCUT2D eigenvalue weighted by molar-refractivity contribution is 7.24. The van der Waals surface area contributed by atoms with Crippen LogP contribution in [0, 0.1) is 0 Å². The van der Waals surface area contributed by atoms with Gasteiger partial charge >= 0.3 is 5.97 Å². The van der Waals surface area contributed by atoms with Gasteiger partial charge in [0.2, 0.25) is 0 Å². The number of carbonyl (C=O) groups excluding carboxylic acids is 1. The fourth-order valence-electron chi connectivity index (χ4n) is 1.65. The van der Waals surface area contributed by atoms with Crippen LogP contribution >= 0.6 is 8.46 Å². The van der Waals surface area contributed by atoms with Gasteiger partial charge in [0.25, 0.3) is 0 Å². The fourth-order valence-corrected chi connectivity index (χ4v) is 2.25. The van der Waals surface area contributed by atoms with Crippen molar-refractivity contribution in [2.45, 2.75) is 32.0 Å². The van der Waals surface area contributed by atoms with Gasteiger partial charge in [-0.05, 0) is 19.4 Å². The first-order valence-corrected chi connectivity index (χ1v) is 5.92. The number of hydrogen-bond donors (Lipinski definition) is 0. The number of benzene rings is 1. The number of esters is 1. The topological polar surface area (TPSA) is 43.4 Å². The van der Waals surface area contributed by atoms with Crippen LogP contribution in [-0.4, -0.2) is 11.6 Å². The number of ether oxygens (including phenoxy) is 1. The van der Waals surface area contributed by atoms with Gasteiger partial charge in [-0.1, -0.05) is 30.3 Å². The summed E-state index contributed by atoms with van der Waals surface area (Å²) in [4.78, 5) is 11.0. The molecule has 0 aliphatic carbocycles. The summed E-state index contributed by atoms with van der Waals surface area (Å²) in [5.74, 6) is -0.366. The first-order chi connectivity index (χ1) is 7.47. The molecule has 4 heteroatoms. The molecule has 0 N–H and O–H groups in total. The normalized spacial score (nSPS) is 13.4. The lowest BCUT2D eigenvalue weighted by Crippen LogP contribution is -2.31. The lowest BCUT2D eigenvalue weighted by molar-refractivity contribution is -0.153. The van der Waals surface area contributed by atoms with Crippen LogP contribution in [0.5, 0.6) is 0 Å². The first-order valence-electron chi connectivity index (χ1n) is 5.04. The molecular formula is C12H15O3P. The molecule has 16 heavy (non-hydrogen) atoms. The Hall–Kier alpha value is -1.21. The van der Waals surface area contributed by atoms with Crippen molar-refractivity contribution in [1.29, 1.82) is 0 Å². The third-order valence-electron chi connectivity index (χ3n) is 2.29. The second-order valence-corrected chi connectivity index (χ2v) is 4.84. The Morgan fingerprint density at radius 1 is 1.31 bits per heavy atom. The average Bonchev–Trinajstić information content (AvgIpc) is 2.17. The molecule has 1 atom stereocenters. The van der Waals surface area contributed by atoms with Crippen LogP contribution in [0.15, 0.2) is 30.3 Å². The zero-order chi connectivity index (χ0) is 12.2. The molecule has 0 radical (unpaired) electrons. The molecule has 0 spiro atoms. The molecule has 0 fully saturated rings. The third kappa shape index (κ3) is 3.14. The van der Waals surface area contributed by atoms with Gasteiger partial charge in [-0.25, -0.2) is 0 Å². The predicted molar refractivity (Wildman–Crippen MR) is 62.6 cm³/mol. The maximum atomic E-state index is 11.2. The molecule has 3 nitrogen and oxygen atoms in total. The molecule has 0 heterocycles. The minimum Gasteiger partial charge on any atom is -0.458 e.